The fourth-order valence-corrected chi connectivity index (χ4v) is 4.55. The molecule has 2 aromatic carbocycles. The molecule has 0 heterocycles. The summed E-state index contributed by atoms with van der Waals surface area (Å²) in [5, 5.41) is 21.1. The number of benzene rings is 2. The van der Waals surface area contributed by atoms with Crippen molar-refractivity contribution in [3.8, 4) is 5.75 Å². The third kappa shape index (κ3) is 6.07. The Morgan fingerprint density at radius 2 is 1.24 bits per heavy atom. The van der Waals surface area contributed by atoms with E-state index < -0.39 is 5.97 Å². The summed E-state index contributed by atoms with van der Waals surface area (Å²) in [6.07, 6.45) is 2.09. The number of carboxylic acids is 1. The lowest BCUT2D eigenvalue weighted by atomic mass is 9.75. The van der Waals surface area contributed by atoms with E-state index in [0.29, 0.717) is 12.0 Å². The summed E-state index contributed by atoms with van der Waals surface area (Å²) in [5.74, 6) is -0.703. The number of hydrogen-bond donors (Lipinski definition) is 2. The van der Waals surface area contributed by atoms with E-state index in [9.17, 15) is 15.0 Å². The maximum Gasteiger partial charge on any atom is 0.335 e. The first kappa shape index (κ1) is 26.7. The monoisotopic (exact) mass is 450 g/mol. The molecule has 3 heteroatoms. The van der Waals surface area contributed by atoms with Gasteiger partial charge in [0.05, 0.1) is 5.57 Å². The van der Waals surface area contributed by atoms with E-state index in [-0.39, 0.29) is 27.6 Å². The predicted octanol–water partition coefficient (Wildman–Crippen LogP) is 7.61. The summed E-state index contributed by atoms with van der Waals surface area (Å²) in [6.45, 7) is 23.3. The summed E-state index contributed by atoms with van der Waals surface area (Å²) >= 11 is 0. The van der Waals surface area contributed by atoms with Gasteiger partial charge in [-0.1, -0.05) is 98.2 Å². The summed E-state index contributed by atoms with van der Waals surface area (Å²) in [6, 6.07) is 8.01. The third-order valence-electron chi connectivity index (χ3n) is 6.23. The molecule has 0 aliphatic heterocycles. The van der Waals surface area contributed by atoms with Crippen LogP contribution in [0.5, 0.6) is 5.75 Å². The number of carbonyl (C=O) groups is 1. The predicted molar refractivity (Wildman–Crippen MR) is 139 cm³/mol. The van der Waals surface area contributed by atoms with Crippen LogP contribution in [0.1, 0.15) is 101 Å². The molecule has 0 bridgehead atoms. The second kappa shape index (κ2) is 9.00. The van der Waals surface area contributed by atoms with Crippen molar-refractivity contribution in [2.75, 3.05) is 0 Å². The van der Waals surface area contributed by atoms with E-state index in [1.165, 1.54) is 5.56 Å². The maximum absolute atomic E-state index is 12.4. The van der Waals surface area contributed by atoms with Crippen LogP contribution >= 0.6 is 0 Å². The Bertz CT molecular complexity index is 1050. The van der Waals surface area contributed by atoms with Gasteiger partial charge in [-0.05, 0) is 69.9 Å². The van der Waals surface area contributed by atoms with Crippen molar-refractivity contribution in [1.82, 2.24) is 0 Å². The molecule has 0 radical (unpaired) electrons. The standard InChI is InChI=1S/C30H42O3/c1-18-14-20(26(31)25(15-18)30(9,10)11)12-13-22(27(32)33)21-16-23(28(3,4)5)19(2)24(17-21)29(6,7)8/h13-17,31H,12H2,1-11H3,(H,32,33). The van der Waals surface area contributed by atoms with Crippen LogP contribution in [0, 0.1) is 13.8 Å². The molecule has 0 aromatic heterocycles. The number of hydrogen-bond acceptors (Lipinski definition) is 2. The molecule has 0 spiro atoms. The Hall–Kier alpha value is -2.55. The number of aromatic hydroxyl groups is 1. The molecule has 2 N–H and O–H groups in total. The van der Waals surface area contributed by atoms with E-state index in [0.717, 1.165) is 27.8 Å². The fraction of sp³-hybridized carbons (Fsp3) is 0.500. The minimum absolute atomic E-state index is 0.111. The van der Waals surface area contributed by atoms with Gasteiger partial charge >= 0.3 is 5.97 Å². The van der Waals surface area contributed by atoms with Gasteiger partial charge in [-0.25, -0.2) is 4.79 Å². The van der Waals surface area contributed by atoms with E-state index in [1.54, 1.807) is 6.08 Å². The van der Waals surface area contributed by atoms with Crippen molar-refractivity contribution in [2.45, 2.75) is 98.8 Å². The molecule has 0 aliphatic rings. The van der Waals surface area contributed by atoms with Crippen LogP contribution < -0.4 is 0 Å². The number of rotatable bonds is 4. The van der Waals surface area contributed by atoms with Crippen LogP contribution in [0.4, 0.5) is 0 Å². The molecule has 0 atom stereocenters. The fourth-order valence-electron chi connectivity index (χ4n) is 4.55. The molecule has 2 aromatic rings. The zero-order chi connectivity index (χ0) is 25.5. The Kier molecular flexibility index (Phi) is 7.29. The van der Waals surface area contributed by atoms with E-state index in [4.69, 9.17) is 0 Å². The number of phenolic OH excluding ortho intramolecular Hbond substituents is 1. The van der Waals surface area contributed by atoms with Gasteiger partial charge in [-0.3, -0.25) is 0 Å². The zero-order valence-electron chi connectivity index (χ0n) is 22.4. The van der Waals surface area contributed by atoms with E-state index in [2.05, 4.69) is 69.2 Å². The minimum Gasteiger partial charge on any atom is -0.507 e. The van der Waals surface area contributed by atoms with Crippen molar-refractivity contribution in [3.63, 3.8) is 0 Å². The van der Waals surface area contributed by atoms with Gasteiger partial charge in [-0.15, -0.1) is 0 Å². The number of allylic oxidation sites excluding steroid dienone is 1. The van der Waals surface area contributed by atoms with Gasteiger partial charge in [-0.2, -0.15) is 0 Å². The molecule has 33 heavy (non-hydrogen) atoms. The first-order valence-electron chi connectivity index (χ1n) is 11.8. The van der Waals surface area contributed by atoms with Gasteiger partial charge in [0.1, 0.15) is 5.75 Å². The van der Waals surface area contributed by atoms with Gasteiger partial charge < -0.3 is 10.2 Å². The van der Waals surface area contributed by atoms with Crippen LogP contribution in [-0.2, 0) is 27.5 Å². The van der Waals surface area contributed by atoms with Gasteiger partial charge in [0.15, 0.2) is 0 Å². The number of aliphatic carboxylic acids is 1. The quantitative estimate of drug-likeness (QED) is 0.471. The summed E-state index contributed by atoms with van der Waals surface area (Å²) < 4.78 is 0. The summed E-state index contributed by atoms with van der Waals surface area (Å²) in [5.41, 5.74) is 6.77. The lowest BCUT2D eigenvalue weighted by molar-refractivity contribution is -0.130. The number of carboxylic acid groups (broad SMARTS) is 1. The first-order chi connectivity index (χ1) is 14.8. The largest absolute Gasteiger partial charge is 0.507 e. The van der Waals surface area contributed by atoms with E-state index >= 15 is 0 Å². The van der Waals surface area contributed by atoms with Crippen LogP contribution in [-0.4, -0.2) is 16.2 Å². The Labute approximate surface area is 200 Å². The molecule has 3 nitrogen and oxygen atoms in total. The zero-order valence-corrected chi connectivity index (χ0v) is 22.4. The van der Waals surface area contributed by atoms with Crippen LogP contribution in [0.25, 0.3) is 5.57 Å². The van der Waals surface area contributed by atoms with E-state index in [1.807, 2.05) is 31.2 Å². The lowest BCUT2D eigenvalue weighted by Crippen LogP contribution is -2.20. The normalized spacial score (nSPS) is 13.4. The highest BCUT2D eigenvalue weighted by Gasteiger charge is 2.26. The van der Waals surface area contributed by atoms with Crippen molar-refractivity contribution in [1.29, 1.82) is 0 Å². The molecular formula is C30H42O3. The summed E-state index contributed by atoms with van der Waals surface area (Å²) in [7, 11) is 0. The Morgan fingerprint density at radius 3 is 1.64 bits per heavy atom. The van der Waals surface area contributed by atoms with Crippen LogP contribution in [0.2, 0.25) is 0 Å². The molecule has 0 amide bonds. The SMILES string of the molecule is Cc1cc(CC=C(C(=O)O)c2cc(C(C)(C)C)c(C)c(C(C)(C)C)c2)c(O)c(C(C)(C)C)c1. The average molecular weight is 451 g/mol. The minimum atomic E-state index is -0.957. The lowest BCUT2D eigenvalue weighted by Gasteiger charge is -2.30. The topological polar surface area (TPSA) is 57.5 Å². The molecular weight excluding hydrogens is 408 g/mol. The van der Waals surface area contributed by atoms with Gasteiger partial charge in [0, 0.05) is 0 Å². The van der Waals surface area contributed by atoms with Gasteiger partial charge in [0.25, 0.3) is 0 Å². The molecule has 0 fully saturated rings. The number of aryl methyl sites for hydroxylation is 1. The number of phenols is 1. The molecule has 0 aliphatic carbocycles. The Balaban J connectivity index is 2.70. The second-order valence-electron chi connectivity index (χ2n) is 12.4. The molecule has 0 saturated carbocycles. The molecule has 0 saturated heterocycles. The second-order valence-corrected chi connectivity index (χ2v) is 12.4. The smallest absolute Gasteiger partial charge is 0.335 e. The van der Waals surface area contributed by atoms with Crippen LogP contribution in [0.3, 0.4) is 0 Å². The third-order valence-corrected chi connectivity index (χ3v) is 6.23. The highest BCUT2D eigenvalue weighted by molar-refractivity contribution is 6.15. The summed E-state index contributed by atoms with van der Waals surface area (Å²) in [4.78, 5) is 12.4. The Morgan fingerprint density at radius 1 is 0.788 bits per heavy atom. The van der Waals surface area contributed by atoms with Crippen molar-refractivity contribution < 1.29 is 15.0 Å². The first-order valence-corrected chi connectivity index (χ1v) is 11.8. The van der Waals surface area contributed by atoms with Crippen LogP contribution in [0.15, 0.2) is 30.3 Å². The molecule has 0 unspecified atom stereocenters. The molecule has 180 valence electrons. The maximum atomic E-state index is 12.4. The average Bonchev–Trinajstić information content (AvgIpc) is 2.62. The molecule has 2 rings (SSSR count). The van der Waals surface area contributed by atoms with Crippen molar-refractivity contribution in [2.24, 2.45) is 0 Å². The van der Waals surface area contributed by atoms with Gasteiger partial charge in [0.2, 0.25) is 0 Å². The van der Waals surface area contributed by atoms with Crippen molar-refractivity contribution >= 4 is 11.5 Å². The highest BCUT2D eigenvalue weighted by Crippen LogP contribution is 2.38. The van der Waals surface area contributed by atoms with Crippen molar-refractivity contribution in [3.05, 3.63) is 69.3 Å². The highest BCUT2D eigenvalue weighted by atomic mass is 16.4.